The Labute approximate surface area is 155 Å². The zero-order valence-corrected chi connectivity index (χ0v) is 15.5. The summed E-state index contributed by atoms with van der Waals surface area (Å²) in [4.78, 5) is 21.9. The largest absolute Gasteiger partial charge is 0.383 e. The zero-order valence-electron chi connectivity index (χ0n) is 14.7. The molecule has 3 aromatic rings. The third-order valence-electron chi connectivity index (χ3n) is 4.82. The van der Waals surface area contributed by atoms with E-state index in [1.54, 1.807) is 16.9 Å². The fraction of sp³-hybridized carbons (Fsp3) is 0.316. The minimum absolute atomic E-state index is 0.141. The summed E-state index contributed by atoms with van der Waals surface area (Å²) in [5.74, 6) is 0. The van der Waals surface area contributed by atoms with E-state index in [0.29, 0.717) is 28.7 Å². The molecule has 3 heterocycles. The first-order valence-electron chi connectivity index (χ1n) is 8.56. The lowest BCUT2D eigenvalue weighted by atomic mass is 9.96. The Morgan fingerprint density at radius 3 is 2.73 bits per heavy atom. The van der Waals surface area contributed by atoms with Crippen molar-refractivity contribution in [2.24, 2.45) is 0 Å². The van der Waals surface area contributed by atoms with E-state index >= 15 is 0 Å². The highest BCUT2D eigenvalue weighted by molar-refractivity contribution is 7.98. The maximum Gasteiger partial charge on any atom is 0.273 e. The van der Waals surface area contributed by atoms with Gasteiger partial charge in [0, 0.05) is 19.3 Å². The Balaban J connectivity index is 1.95. The number of hydrogen-bond acceptors (Lipinski definition) is 5. The van der Waals surface area contributed by atoms with Gasteiger partial charge in [0.2, 0.25) is 0 Å². The summed E-state index contributed by atoms with van der Waals surface area (Å²) in [6.07, 6.45) is 3.53. The van der Waals surface area contributed by atoms with Crippen molar-refractivity contribution in [3.8, 4) is 11.4 Å². The quantitative estimate of drug-likeness (QED) is 0.566. The minimum Gasteiger partial charge on any atom is -0.383 e. The second kappa shape index (κ2) is 6.74. The molecule has 0 fully saturated rings. The van der Waals surface area contributed by atoms with Gasteiger partial charge >= 0.3 is 0 Å². The van der Waals surface area contributed by atoms with Gasteiger partial charge in [0.15, 0.2) is 5.16 Å². The molecule has 0 radical (unpaired) electrons. The third kappa shape index (κ3) is 2.68. The van der Waals surface area contributed by atoms with Crippen LogP contribution in [0, 0.1) is 6.92 Å². The average Bonchev–Trinajstić information content (AvgIpc) is 3.24. The average molecular weight is 368 g/mol. The van der Waals surface area contributed by atoms with Crippen molar-refractivity contribution in [3.63, 3.8) is 0 Å². The fourth-order valence-corrected chi connectivity index (χ4v) is 3.93. The molecule has 1 unspecified atom stereocenters. The van der Waals surface area contributed by atoms with Crippen molar-refractivity contribution in [1.29, 1.82) is 0 Å². The molecule has 1 atom stereocenters. The van der Waals surface area contributed by atoms with Gasteiger partial charge in [-0.15, -0.1) is 0 Å². The van der Waals surface area contributed by atoms with E-state index in [-0.39, 0.29) is 5.56 Å². The lowest BCUT2D eigenvalue weighted by molar-refractivity contribution is 0.218. The Morgan fingerprint density at radius 2 is 1.96 bits per heavy atom. The standard InChI is InChI=1S/C19H20N4O2S/c1-12-6-3-4-7-13(12)17(24)15-16(14-8-9-20-19(21-14)26-2)22-10-5-11-23(22)18(15)25/h3-4,6-9,17,24H,5,10-11H2,1-2H3. The zero-order chi connectivity index (χ0) is 18.3. The van der Waals surface area contributed by atoms with Gasteiger partial charge in [-0.25, -0.2) is 14.6 Å². The number of nitrogens with zero attached hydrogens (tertiary/aromatic N) is 4. The molecule has 0 saturated heterocycles. The van der Waals surface area contributed by atoms with Crippen LogP contribution in [0.3, 0.4) is 0 Å². The number of hydrogen-bond donors (Lipinski definition) is 1. The molecular weight excluding hydrogens is 348 g/mol. The molecule has 1 N–H and O–H groups in total. The maximum absolute atomic E-state index is 13.1. The van der Waals surface area contributed by atoms with Gasteiger partial charge in [-0.3, -0.25) is 9.48 Å². The van der Waals surface area contributed by atoms with Gasteiger partial charge in [-0.2, -0.15) is 0 Å². The molecular formula is C19H20N4O2S. The lowest BCUT2D eigenvalue weighted by Gasteiger charge is -2.15. The number of aromatic nitrogens is 4. The molecule has 2 aromatic heterocycles. The Kier molecular flexibility index (Phi) is 4.42. The van der Waals surface area contributed by atoms with Crippen LogP contribution in [0.1, 0.15) is 29.2 Å². The second-order valence-electron chi connectivity index (χ2n) is 6.35. The minimum atomic E-state index is -0.989. The number of rotatable bonds is 4. The molecule has 26 heavy (non-hydrogen) atoms. The van der Waals surface area contributed by atoms with E-state index in [1.165, 1.54) is 11.8 Å². The van der Waals surface area contributed by atoms with Crippen LogP contribution in [0.15, 0.2) is 46.5 Å². The summed E-state index contributed by atoms with van der Waals surface area (Å²) < 4.78 is 3.67. The van der Waals surface area contributed by atoms with Gasteiger partial charge in [-0.1, -0.05) is 36.0 Å². The number of aliphatic hydroxyl groups excluding tert-OH is 1. The first-order valence-corrected chi connectivity index (χ1v) is 9.78. The monoisotopic (exact) mass is 368 g/mol. The van der Waals surface area contributed by atoms with E-state index < -0.39 is 6.10 Å². The summed E-state index contributed by atoms with van der Waals surface area (Å²) in [7, 11) is 0. The smallest absolute Gasteiger partial charge is 0.273 e. The van der Waals surface area contributed by atoms with Gasteiger partial charge in [0.25, 0.3) is 5.56 Å². The van der Waals surface area contributed by atoms with Gasteiger partial charge in [0.05, 0.1) is 17.0 Å². The van der Waals surface area contributed by atoms with Gasteiger partial charge < -0.3 is 5.11 Å². The topological polar surface area (TPSA) is 72.9 Å². The van der Waals surface area contributed by atoms with Crippen molar-refractivity contribution in [2.75, 3.05) is 6.26 Å². The van der Waals surface area contributed by atoms with E-state index in [2.05, 4.69) is 9.97 Å². The van der Waals surface area contributed by atoms with Crippen molar-refractivity contribution in [3.05, 3.63) is 63.6 Å². The summed E-state index contributed by atoms with van der Waals surface area (Å²) in [5.41, 5.74) is 3.32. The van der Waals surface area contributed by atoms with Gasteiger partial charge in [-0.05, 0) is 36.8 Å². The summed E-state index contributed by atoms with van der Waals surface area (Å²) in [6.45, 7) is 3.34. The van der Waals surface area contributed by atoms with Crippen molar-refractivity contribution in [1.82, 2.24) is 19.3 Å². The molecule has 6 nitrogen and oxygen atoms in total. The van der Waals surface area contributed by atoms with Crippen LogP contribution < -0.4 is 5.56 Å². The van der Waals surface area contributed by atoms with Crippen LogP contribution >= 0.6 is 11.8 Å². The number of thioether (sulfide) groups is 1. The number of aryl methyl sites for hydroxylation is 1. The second-order valence-corrected chi connectivity index (χ2v) is 7.13. The first-order chi connectivity index (χ1) is 12.6. The van der Waals surface area contributed by atoms with Crippen LogP contribution in [-0.4, -0.2) is 30.7 Å². The maximum atomic E-state index is 13.1. The van der Waals surface area contributed by atoms with E-state index in [1.807, 2.05) is 42.1 Å². The molecule has 7 heteroatoms. The molecule has 1 aliphatic rings. The molecule has 0 bridgehead atoms. The molecule has 0 saturated carbocycles. The molecule has 1 aromatic carbocycles. The molecule has 0 spiro atoms. The summed E-state index contributed by atoms with van der Waals surface area (Å²) >= 11 is 1.45. The van der Waals surface area contributed by atoms with Crippen LogP contribution in [0.2, 0.25) is 0 Å². The molecule has 0 aliphatic carbocycles. The Bertz CT molecular complexity index is 1020. The number of fused-ring (bicyclic) bond motifs is 1. The van der Waals surface area contributed by atoms with Crippen molar-refractivity contribution >= 4 is 11.8 Å². The van der Waals surface area contributed by atoms with Gasteiger partial charge in [0.1, 0.15) is 6.10 Å². The van der Waals surface area contributed by atoms with Crippen LogP contribution in [0.25, 0.3) is 11.4 Å². The highest BCUT2D eigenvalue weighted by Crippen LogP contribution is 2.32. The number of benzene rings is 1. The predicted octanol–water partition coefficient (Wildman–Crippen LogP) is 2.62. The summed E-state index contributed by atoms with van der Waals surface area (Å²) in [6, 6.07) is 9.41. The highest BCUT2D eigenvalue weighted by Gasteiger charge is 2.30. The van der Waals surface area contributed by atoms with Crippen LogP contribution in [-0.2, 0) is 13.1 Å². The SMILES string of the molecule is CSc1nccc(-c2c(C(O)c3ccccc3C)c(=O)n3n2CCC3)n1. The summed E-state index contributed by atoms with van der Waals surface area (Å²) in [5, 5.41) is 11.7. The Morgan fingerprint density at radius 1 is 1.19 bits per heavy atom. The number of aliphatic hydroxyl groups is 1. The first kappa shape index (κ1) is 17.1. The predicted molar refractivity (Wildman–Crippen MR) is 101 cm³/mol. The fourth-order valence-electron chi connectivity index (χ4n) is 3.57. The third-order valence-corrected chi connectivity index (χ3v) is 5.39. The highest BCUT2D eigenvalue weighted by atomic mass is 32.2. The van der Waals surface area contributed by atoms with Crippen molar-refractivity contribution < 1.29 is 5.11 Å². The molecule has 4 rings (SSSR count). The van der Waals surface area contributed by atoms with E-state index in [4.69, 9.17) is 0 Å². The molecule has 1 aliphatic heterocycles. The lowest BCUT2D eigenvalue weighted by Crippen LogP contribution is -2.21. The van der Waals surface area contributed by atoms with Crippen molar-refractivity contribution in [2.45, 2.75) is 37.7 Å². The van der Waals surface area contributed by atoms with Crippen LogP contribution in [0.4, 0.5) is 0 Å². The van der Waals surface area contributed by atoms with E-state index in [9.17, 15) is 9.90 Å². The molecule has 0 amide bonds. The Hall–Kier alpha value is -2.38. The van der Waals surface area contributed by atoms with Crippen LogP contribution in [0.5, 0.6) is 0 Å². The normalized spacial score (nSPS) is 14.4. The molecule has 134 valence electrons. The van der Waals surface area contributed by atoms with E-state index in [0.717, 1.165) is 24.1 Å².